The molecule has 0 saturated carbocycles. The lowest BCUT2D eigenvalue weighted by Gasteiger charge is -2.43. The van der Waals surface area contributed by atoms with E-state index in [1.165, 1.54) is 23.2 Å². The summed E-state index contributed by atoms with van der Waals surface area (Å²) < 4.78 is 5.63. The minimum absolute atomic E-state index is 0.429. The third-order valence-electron chi connectivity index (χ3n) is 5.49. The number of oxime groups is 1. The van der Waals surface area contributed by atoms with Gasteiger partial charge in [0.2, 0.25) is 0 Å². The van der Waals surface area contributed by atoms with Gasteiger partial charge < -0.3 is 19.7 Å². The van der Waals surface area contributed by atoms with Crippen LogP contribution in [0.2, 0.25) is 0 Å². The maximum absolute atomic E-state index is 8.92. The number of anilines is 2. The Balaban J connectivity index is 2.22. The molecule has 2 aromatic rings. The Morgan fingerprint density at radius 3 is 2.11 bits per heavy atom. The normalized spacial score (nSPS) is 14.3. The molecule has 1 aliphatic rings. The highest BCUT2D eigenvalue weighted by atomic mass is 16.5. The van der Waals surface area contributed by atoms with Gasteiger partial charge >= 0.3 is 0 Å². The first kappa shape index (κ1) is 20.1. The number of hydrogen-bond donors (Lipinski definition) is 1. The first-order chi connectivity index (χ1) is 13.4. The molecular weight excluding hydrogens is 350 g/mol. The van der Waals surface area contributed by atoms with E-state index in [0.717, 1.165) is 35.5 Å². The molecule has 0 spiro atoms. The Hall–Kier alpha value is -2.69. The summed E-state index contributed by atoms with van der Waals surface area (Å²) in [6, 6.07) is 11.3. The maximum atomic E-state index is 8.92. The zero-order chi connectivity index (χ0) is 20.4. The van der Waals surface area contributed by atoms with E-state index in [1.807, 2.05) is 18.2 Å². The molecule has 1 N–H and O–H groups in total. The number of hydrogen-bond acceptors (Lipinski definition) is 5. The highest BCUT2D eigenvalue weighted by molar-refractivity contribution is 5.88. The van der Waals surface area contributed by atoms with Crippen molar-refractivity contribution in [2.45, 2.75) is 46.7 Å². The van der Waals surface area contributed by atoms with Crippen LogP contribution in [0.3, 0.4) is 0 Å². The van der Waals surface area contributed by atoms with E-state index in [-0.39, 0.29) is 0 Å². The van der Waals surface area contributed by atoms with Crippen LogP contribution in [0.1, 0.15) is 38.8 Å². The van der Waals surface area contributed by atoms with Crippen LogP contribution in [-0.2, 0) is 0 Å². The molecular formula is C23H31N3O2. The van der Waals surface area contributed by atoms with Gasteiger partial charge in [-0.3, -0.25) is 0 Å². The molecule has 1 aliphatic heterocycles. The summed E-state index contributed by atoms with van der Waals surface area (Å²) in [7, 11) is 1.69. The van der Waals surface area contributed by atoms with Gasteiger partial charge in [-0.05, 0) is 81.6 Å². The summed E-state index contributed by atoms with van der Waals surface area (Å²) in [6.45, 7) is 13.2. The third kappa shape index (κ3) is 3.66. The second-order valence-corrected chi connectivity index (χ2v) is 7.93. The predicted molar refractivity (Wildman–Crippen MR) is 118 cm³/mol. The minimum atomic E-state index is 0.429. The van der Waals surface area contributed by atoms with Crippen LogP contribution in [-0.4, -0.2) is 43.7 Å². The standard InChI is InChI=1S/C23H31N3O2/c1-15(2)25-9-10-26(16(3)4)22-13-19(17(5)11-21(22)25)20-12-18(14-24-27)7-8-23(20)28-6/h7-8,11-16,27H,9-10H2,1-6H3/b24-14+. The van der Waals surface area contributed by atoms with Crippen molar-refractivity contribution < 1.29 is 9.94 Å². The van der Waals surface area contributed by atoms with Crippen LogP contribution in [0.15, 0.2) is 35.5 Å². The fourth-order valence-corrected chi connectivity index (χ4v) is 4.04. The Morgan fingerprint density at radius 1 is 0.964 bits per heavy atom. The fourth-order valence-electron chi connectivity index (χ4n) is 4.04. The molecule has 0 fully saturated rings. The summed E-state index contributed by atoms with van der Waals surface area (Å²) in [6.07, 6.45) is 1.44. The van der Waals surface area contributed by atoms with Crippen LogP contribution in [0.5, 0.6) is 5.75 Å². The SMILES string of the molecule is COc1ccc(/C=N/O)cc1-c1cc2c(cc1C)N(C(C)C)CCN2C(C)C. The van der Waals surface area contributed by atoms with Crippen LogP contribution in [0, 0.1) is 6.92 Å². The zero-order valence-electron chi connectivity index (χ0n) is 17.7. The average molecular weight is 382 g/mol. The van der Waals surface area contributed by atoms with Gasteiger partial charge in [0.25, 0.3) is 0 Å². The maximum Gasteiger partial charge on any atom is 0.126 e. The molecule has 0 bridgehead atoms. The van der Waals surface area contributed by atoms with Crippen LogP contribution in [0.4, 0.5) is 11.4 Å². The number of aryl methyl sites for hydroxylation is 1. The Labute approximate surface area is 168 Å². The highest BCUT2D eigenvalue weighted by Crippen LogP contribution is 2.42. The van der Waals surface area contributed by atoms with E-state index in [9.17, 15) is 0 Å². The fraction of sp³-hybridized carbons (Fsp3) is 0.435. The monoisotopic (exact) mass is 381 g/mol. The number of rotatable bonds is 5. The molecule has 28 heavy (non-hydrogen) atoms. The molecule has 0 radical (unpaired) electrons. The Bertz CT molecular complexity index is 874. The molecule has 1 heterocycles. The highest BCUT2D eigenvalue weighted by Gasteiger charge is 2.27. The lowest BCUT2D eigenvalue weighted by atomic mass is 9.94. The zero-order valence-corrected chi connectivity index (χ0v) is 17.7. The van der Waals surface area contributed by atoms with Crippen molar-refractivity contribution in [1.82, 2.24) is 0 Å². The van der Waals surface area contributed by atoms with E-state index in [4.69, 9.17) is 9.94 Å². The molecule has 2 aromatic carbocycles. The van der Waals surface area contributed by atoms with Gasteiger partial charge in [0.05, 0.1) is 24.7 Å². The minimum Gasteiger partial charge on any atom is -0.496 e. The van der Waals surface area contributed by atoms with E-state index >= 15 is 0 Å². The summed E-state index contributed by atoms with van der Waals surface area (Å²) in [5.41, 5.74) is 6.74. The second kappa shape index (κ2) is 8.13. The largest absolute Gasteiger partial charge is 0.496 e. The molecule has 0 unspecified atom stereocenters. The number of benzene rings is 2. The topological polar surface area (TPSA) is 48.3 Å². The lowest BCUT2D eigenvalue weighted by Crippen LogP contribution is -2.46. The molecule has 0 aromatic heterocycles. The van der Waals surface area contributed by atoms with Crippen LogP contribution < -0.4 is 14.5 Å². The van der Waals surface area contributed by atoms with Gasteiger partial charge in [0.15, 0.2) is 0 Å². The van der Waals surface area contributed by atoms with E-state index < -0.39 is 0 Å². The van der Waals surface area contributed by atoms with Gasteiger partial charge in [-0.1, -0.05) is 5.16 Å². The van der Waals surface area contributed by atoms with Gasteiger partial charge in [0, 0.05) is 30.7 Å². The predicted octanol–water partition coefficient (Wildman–Crippen LogP) is 4.92. The average Bonchev–Trinajstić information content (AvgIpc) is 2.66. The van der Waals surface area contributed by atoms with Crippen molar-refractivity contribution in [1.29, 1.82) is 0 Å². The third-order valence-corrected chi connectivity index (χ3v) is 5.49. The summed E-state index contributed by atoms with van der Waals surface area (Å²) in [5, 5.41) is 12.1. The van der Waals surface area contributed by atoms with E-state index in [0.29, 0.717) is 12.1 Å². The smallest absolute Gasteiger partial charge is 0.126 e. The molecule has 3 rings (SSSR count). The summed E-state index contributed by atoms with van der Waals surface area (Å²) in [4.78, 5) is 4.96. The summed E-state index contributed by atoms with van der Waals surface area (Å²) in [5.74, 6) is 0.811. The Morgan fingerprint density at radius 2 is 1.57 bits per heavy atom. The molecule has 150 valence electrons. The number of ether oxygens (including phenoxy) is 1. The van der Waals surface area contributed by atoms with Crippen molar-refractivity contribution in [3.8, 4) is 16.9 Å². The van der Waals surface area contributed by atoms with E-state index in [2.05, 4.69) is 61.7 Å². The van der Waals surface area contributed by atoms with Crippen molar-refractivity contribution >= 4 is 17.6 Å². The van der Waals surface area contributed by atoms with E-state index in [1.54, 1.807) is 7.11 Å². The van der Waals surface area contributed by atoms with Gasteiger partial charge in [-0.2, -0.15) is 0 Å². The van der Waals surface area contributed by atoms with Crippen molar-refractivity contribution in [3.63, 3.8) is 0 Å². The Kier molecular flexibility index (Phi) is 5.82. The molecule has 0 amide bonds. The van der Waals surface area contributed by atoms with Crippen LogP contribution in [0.25, 0.3) is 11.1 Å². The summed E-state index contributed by atoms with van der Waals surface area (Å²) >= 11 is 0. The number of fused-ring (bicyclic) bond motifs is 1. The molecule has 5 nitrogen and oxygen atoms in total. The second-order valence-electron chi connectivity index (χ2n) is 7.93. The first-order valence-electron chi connectivity index (χ1n) is 9.91. The van der Waals surface area contributed by atoms with Gasteiger partial charge in [0.1, 0.15) is 5.75 Å². The van der Waals surface area contributed by atoms with Crippen molar-refractivity contribution in [2.24, 2.45) is 5.16 Å². The molecule has 0 aliphatic carbocycles. The van der Waals surface area contributed by atoms with Crippen LogP contribution >= 0.6 is 0 Å². The van der Waals surface area contributed by atoms with Crippen molar-refractivity contribution in [2.75, 3.05) is 30.0 Å². The molecule has 0 atom stereocenters. The first-order valence-corrected chi connectivity index (χ1v) is 9.91. The van der Waals surface area contributed by atoms with Crippen molar-refractivity contribution in [3.05, 3.63) is 41.5 Å². The lowest BCUT2D eigenvalue weighted by molar-refractivity contribution is 0.322. The molecule has 0 saturated heterocycles. The molecule has 5 heteroatoms. The number of methoxy groups -OCH3 is 1. The quantitative estimate of drug-likeness (QED) is 0.454. The van der Waals surface area contributed by atoms with Gasteiger partial charge in [-0.15, -0.1) is 0 Å². The van der Waals surface area contributed by atoms with Gasteiger partial charge in [-0.25, -0.2) is 0 Å². The number of nitrogens with zero attached hydrogens (tertiary/aromatic N) is 3.